The van der Waals surface area contributed by atoms with E-state index < -0.39 is 0 Å². The second kappa shape index (κ2) is 7.31. The molecule has 0 heterocycles. The molecule has 0 atom stereocenters. The first-order valence-electron chi connectivity index (χ1n) is 6.08. The van der Waals surface area contributed by atoms with Gasteiger partial charge in [-0.15, -0.1) is 0 Å². The topological polar surface area (TPSA) is 61.8 Å². The molecule has 0 unspecified atom stereocenters. The van der Waals surface area contributed by atoms with Gasteiger partial charge in [-0.05, 0) is 26.0 Å². The molecular formula is C13H19ClFN3O. The number of benzene rings is 1. The second-order valence-corrected chi connectivity index (χ2v) is 5.08. The fourth-order valence-corrected chi connectivity index (χ4v) is 1.86. The van der Waals surface area contributed by atoms with Crippen LogP contribution in [0.4, 0.5) is 4.39 Å². The Morgan fingerprint density at radius 2 is 2.21 bits per heavy atom. The molecule has 0 aliphatic carbocycles. The summed E-state index contributed by atoms with van der Waals surface area (Å²) in [6, 6.07) is 4.87. The van der Waals surface area contributed by atoms with Crippen molar-refractivity contribution in [1.82, 2.24) is 4.90 Å². The van der Waals surface area contributed by atoms with Crippen LogP contribution in [0.15, 0.2) is 23.4 Å². The van der Waals surface area contributed by atoms with Crippen molar-refractivity contribution in [3.63, 3.8) is 0 Å². The number of rotatable bonds is 6. The molecule has 1 aromatic rings. The van der Waals surface area contributed by atoms with Crippen molar-refractivity contribution in [1.29, 1.82) is 0 Å². The van der Waals surface area contributed by atoms with E-state index in [-0.39, 0.29) is 17.7 Å². The number of halogens is 2. The normalized spacial score (nSPS) is 12.4. The first-order valence-corrected chi connectivity index (χ1v) is 6.46. The van der Waals surface area contributed by atoms with Gasteiger partial charge in [-0.1, -0.05) is 22.8 Å². The highest BCUT2D eigenvalue weighted by atomic mass is 35.5. The molecular weight excluding hydrogens is 269 g/mol. The summed E-state index contributed by atoms with van der Waals surface area (Å²) in [7, 11) is 0. The lowest BCUT2D eigenvalue weighted by Gasteiger charge is -2.26. The molecule has 0 saturated heterocycles. The quantitative estimate of drug-likeness (QED) is 0.366. The minimum atomic E-state index is -0.318. The zero-order valence-electron chi connectivity index (χ0n) is 11.1. The largest absolute Gasteiger partial charge is 0.409 e. The molecule has 1 aromatic carbocycles. The molecule has 0 spiro atoms. The predicted molar refractivity (Wildman–Crippen MR) is 75.0 cm³/mol. The zero-order valence-corrected chi connectivity index (χ0v) is 11.9. The molecule has 0 aliphatic rings. The number of hydrogen-bond donors (Lipinski definition) is 2. The summed E-state index contributed by atoms with van der Waals surface area (Å²) < 4.78 is 13.7. The van der Waals surface area contributed by atoms with E-state index in [0.29, 0.717) is 30.1 Å². The van der Waals surface area contributed by atoms with Crippen LogP contribution in [0, 0.1) is 5.82 Å². The lowest BCUT2D eigenvalue weighted by atomic mass is 10.1. The summed E-state index contributed by atoms with van der Waals surface area (Å²) in [6.07, 6.45) is 0.434. The third kappa shape index (κ3) is 5.04. The lowest BCUT2D eigenvalue weighted by molar-refractivity contribution is 0.215. The Balaban J connectivity index is 2.72. The van der Waals surface area contributed by atoms with Crippen molar-refractivity contribution >= 4 is 17.4 Å². The fraction of sp³-hybridized carbons (Fsp3) is 0.462. The third-order valence-corrected chi connectivity index (χ3v) is 3.14. The van der Waals surface area contributed by atoms with Gasteiger partial charge in [0.25, 0.3) is 0 Å². The van der Waals surface area contributed by atoms with Crippen LogP contribution in [-0.2, 0) is 6.54 Å². The maximum Gasteiger partial charge on any atom is 0.140 e. The number of nitrogens with two attached hydrogens (primary N) is 1. The van der Waals surface area contributed by atoms with Crippen molar-refractivity contribution in [2.75, 3.05) is 6.54 Å². The number of amidine groups is 1. The van der Waals surface area contributed by atoms with Crippen LogP contribution in [0.5, 0.6) is 0 Å². The minimum Gasteiger partial charge on any atom is -0.409 e. The van der Waals surface area contributed by atoms with E-state index >= 15 is 0 Å². The molecule has 0 aliphatic heterocycles. The minimum absolute atomic E-state index is 0.169. The molecule has 1 rings (SSSR count). The van der Waals surface area contributed by atoms with Gasteiger partial charge in [0.2, 0.25) is 0 Å². The van der Waals surface area contributed by atoms with Crippen LogP contribution >= 0.6 is 11.6 Å². The average Bonchev–Trinajstić information content (AvgIpc) is 2.35. The van der Waals surface area contributed by atoms with Crippen molar-refractivity contribution in [3.8, 4) is 0 Å². The average molecular weight is 288 g/mol. The Morgan fingerprint density at radius 1 is 1.53 bits per heavy atom. The molecule has 6 heteroatoms. The van der Waals surface area contributed by atoms with E-state index in [1.54, 1.807) is 12.1 Å². The van der Waals surface area contributed by atoms with E-state index in [4.69, 9.17) is 22.5 Å². The Morgan fingerprint density at radius 3 is 2.74 bits per heavy atom. The molecule has 0 saturated carbocycles. The Bertz CT molecular complexity index is 452. The molecule has 0 amide bonds. The van der Waals surface area contributed by atoms with Gasteiger partial charge < -0.3 is 10.9 Å². The fourth-order valence-electron chi connectivity index (χ4n) is 1.70. The summed E-state index contributed by atoms with van der Waals surface area (Å²) in [5.41, 5.74) is 6.03. The third-order valence-electron chi connectivity index (χ3n) is 2.90. The van der Waals surface area contributed by atoms with Crippen molar-refractivity contribution in [2.24, 2.45) is 10.9 Å². The van der Waals surface area contributed by atoms with Gasteiger partial charge in [-0.25, -0.2) is 4.39 Å². The van der Waals surface area contributed by atoms with Crippen LogP contribution in [0.3, 0.4) is 0 Å². The van der Waals surface area contributed by atoms with Gasteiger partial charge >= 0.3 is 0 Å². The van der Waals surface area contributed by atoms with Gasteiger partial charge in [0.05, 0.1) is 0 Å². The second-order valence-electron chi connectivity index (χ2n) is 4.64. The van der Waals surface area contributed by atoms with Crippen LogP contribution in [0.2, 0.25) is 5.02 Å². The molecule has 19 heavy (non-hydrogen) atoms. The van der Waals surface area contributed by atoms with E-state index in [9.17, 15) is 4.39 Å². The van der Waals surface area contributed by atoms with Gasteiger partial charge in [0.1, 0.15) is 11.7 Å². The van der Waals surface area contributed by atoms with Crippen molar-refractivity contribution < 1.29 is 9.60 Å². The lowest BCUT2D eigenvalue weighted by Crippen LogP contribution is -2.33. The smallest absolute Gasteiger partial charge is 0.140 e. The van der Waals surface area contributed by atoms with E-state index in [0.717, 1.165) is 0 Å². The Hall–Kier alpha value is -1.33. The van der Waals surface area contributed by atoms with Crippen molar-refractivity contribution in [3.05, 3.63) is 34.6 Å². The molecule has 4 nitrogen and oxygen atoms in total. The van der Waals surface area contributed by atoms with Crippen LogP contribution in [0.1, 0.15) is 25.8 Å². The molecule has 0 fully saturated rings. The summed E-state index contributed by atoms with van der Waals surface area (Å²) >= 11 is 5.72. The molecule has 0 radical (unpaired) electrons. The molecule has 3 N–H and O–H groups in total. The molecule has 106 valence electrons. The van der Waals surface area contributed by atoms with Crippen LogP contribution < -0.4 is 5.73 Å². The highest BCUT2D eigenvalue weighted by Gasteiger charge is 2.13. The summed E-state index contributed by atoms with van der Waals surface area (Å²) in [5, 5.41) is 11.8. The maximum absolute atomic E-state index is 13.7. The predicted octanol–water partition coefficient (Wildman–Crippen LogP) is 2.83. The van der Waals surface area contributed by atoms with Gasteiger partial charge in [0, 0.05) is 36.1 Å². The highest BCUT2D eigenvalue weighted by Crippen LogP contribution is 2.17. The highest BCUT2D eigenvalue weighted by molar-refractivity contribution is 6.30. The van der Waals surface area contributed by atoms with Gasteiger partial charge in [-0.3, -0.25) is 4.90 Å². The maximum atomic E-state index is 13.7. The summed E-state index contributed by atoms with van der Waals surface area (Å²) in [4.78, 5) is 2.05. The number of nitrogens with zero attached hydrogens (tertiary/aromatic N) is 2. The first kappa shape index (κ1) is 15.7. The van der Waals surface area contributed by atoms with Gasteiger partial charge in [-0.2, -0.15) is 0 Å². The summed E-state index contributed by atoms with van der Waals surface area (Å²) in [6.45, 7) is 5.08. The number of hydrogen-bond acceptors (Lipinski definition) is 3. The Labute approximate surface area is 117 Å². The molecule has 0 aromatic heterocycles. The molecule has 0 bridgehead atoms. The summed E-state index contributed by atoms with van der Waals surface area (Å²) in [5.74, 6) is -0.149. The first-order chi connectivity index (χ1) is 8.93. The SMILES string of the molecule is CC(C)N(CC/C(N)=N/O)Cc1ccc(Cl)cc1F. The van der Waals surface area contributed by atoms with Crippen molar-refractivity contribution in [2.45, 2.75) is 32.9 Å². The number of oxime groups is 1. The van der Waals surface area contributed by atoms with Crippen LogP contribution in [0.25, 0.3) is 0 Å². The van der Waals surface area contributed by atoms with E-state index in [2.05, 4.69) is 5.16 Å². The standard InChI is InChI=1S/C13H19ClFN3O/c1-9(2)18(6-5-13(16)17-19)8-10-3-4-11(14)7-12(10)15/h3-4,7,9,19H,5-6,8H2,1-2H3,(H2,16,17). The zero-order chi connectivity index (χ0) is 14.4. The Kier molecular flexibility index (Phi) is 6.05. The van der Waals surface area contributed by atoms with E-state index in [1.165, 1.54) is 6.07 Å². The monoisotopic (exact) mass is 287 g/mol. The van der Waals surface area contributed by atoms with Crippen LogP contribution in [-0.4, -0.2) is 28.5 Å². The van der Waals surface area contributed by atoms with E-state index in [1.807, 2.05) is 18.7 Å². The van der Waals surface area contributed by atoms with Gasteiger partial charge in [0.15, 0.2) is 0 Å².